The monoisotopic (exact) mass is 418 g/mol. The second-order valence-corrected chi connectivity index (χ2v) is 8.14. The number of amides is 1. The Bertz CT molecular complexity index is 1390. The van der Waals surface area contributed by atoms with Crippen LogP contribution in [0.2, 0.25) is 5.02 Å². The second kappa shape index (κ2) is 7.03. The van der Waals surface area contributed by atoms with E-state index in [0.29, 0.717) is 32.6 Å². The fourth-order valence-electron chi connectivity index (χ4n) is 3.28. The highest BCUT2D eigenvalue weighted by Gasteiger charge is 2.18. The molecule has 1 N–H and O–H groups in total. The number of rotatable bonds is 3. The van der Waals surface area contributed by atoms with Crippen molar-refractivity contribution in [3.8, 4) is 11.5 Å². The molecule has 0 aliphatic carbocycles. The van der Waals surface area contributed by atoms with Crippen molar-refractivity contribution in [3.63, 3.8) is 0 Å². The summed E-state index contributed by atoms with van der Waals surface area (Å²) in [6, 6.07) is 21.1. The minimum atomic E-state index is -0.238. The van der Waals surface area contributed by atoms with Gasteiger partial charge in [0.1, 0.15) is 10.4 Å². The Balaban J connectivity index is 1.46. The lowest BCUT2D eigenvalue weighted by atomic mass is 10.1. The molecule has 2 aromatic heterocycles. The van der Waals surface area contributed by atoms with Crippen LogP contribution in [-0.2, 0) is 0 Å². The summed E-state index contributed by atoms with van der Waals surface area (Å²) in [7, 11) is 0. The Labute approximate surface area is 175 Å². The summed E-state index contributed by atoms with van der Waals surface area (Å²) in [5, 5.41) is 4.29. The maximum Gasteiger partial charge on any atom is 0.267 e. The van der Waals surface area contributed by atoms with E-state index in [4.69, 9.17) is 16.0 Å². The number of nitrogens with zero attached hydrogens (tertiary/aromatic N) is 1. The molecule has 0 atom stereocenters. The van der Waals surface area contributed by atoms with Crippen molar-refractivity contribution < 1.29 is 9.21 Å². The van der Waals surface area contributed by atoms with E-state index in [0.717, 1.165) is 21.2 Å². The third-order valence-electron chi connectivity index (χ3n) is 4.76. The number of carbonyl (C=O) groups excluding carboxylic acids is 1. The van der Waals surface area contributed by atoms with Gasteiger partial charge in [-0.1, -0.05) is 48.0 Å². The molecular formula is C23H15ClN2O2S. The summed E-state index contributed by atoms with van der Waals surface area (Å²) in [5.74, 6) is 0.326. The Hall–Kier alpha value is -3.15. The van der Waals surface area contributed by atoms with E-state index in [1.807, 2.05) is 61.5 Å². The maximum atomic E-state index is 12.8. The Morgan fingerprint density at radius 3 is 2.69 bits per heavy atom. The lowest BCUT2D eigenvalue weighted by Gasteiger charge is -2.03. The number of anilines is 1. The average molecular weight is 419 g/mol. The third-order valence-corrected chi connectivity index (χ3v) is 6.44. The number of halogens is 1. The van der Waals surface area contributed by atoms with Crippen LogP contribution < -0.4 is 5.32 Å². The highest BCUT2D eigenvalue weighted by atomic mass is 35.5. The zero-order chi connectivity index (χ0) is 20.0. The molecule has 1 amide bonds. The van der Waals surface area contributed by atoms with Crippen LogP contribution in [0.4, 0.5) is 5.69 Å². The third kappa shape index (κ3) is 3.18. The molecule has 0 spiro atoms. The number of oxazole rings is 1. The van der Waals surface area contributed by atoms with Crippen LogP contribution in [0.1, 0.15) is 15.2 Å². The zero-order valence-electron chi connectivity index (χ0n) is 15.4. The van der Waals surface area contributed by atoms with Gasteiger partial charge in [0.15, 0.2) is 5.58 Å². The molecule has 0 aliphatic rings. The van der Waals surface area contributed by atoms with Crippen molar-refractivity contribution in [1.29, 1.82) is 0 Å². The zero-order valence-corrected chi connectivity index (χ0v) is 17.0. The van der Waals surface area contributed by atoms with E-state index in [-0.39, 0.29) is 5.91 Å². The van der Waals surface area contributed by atoms with Crippen molar-refractivity contribution >= 4 is 55.7 Å². The van der Waals surface area contributed by atoms with Crippen molar-refractivity contribution in [2.45, 2.75) is 6.92 Å². The lowest BCUT2D eigenvalue weighted by Crippen LogP contribution is -2.10. The van der Waals surface area contributed by atoms with Gasteiger partial charge in [0.05, 0.1) is 5.02 Å². The number of hydrogen-bond donors (Lipinski definition) is 1. The average Bonchev–Trinajstić information content (AvgIpc) is 3.29. The van der Waals surface area contributed by atoms with E-state index in [1.165, 1.54) is 11.3 Å². The van der Waals surface area contributed by atoms with Gasteiger partial charge in [-0.15, -0.1) is 11.3 Å². The van der Waals surface area contributed by atoms with Crippen LogP contribution in [-0.4, -0.2) is 10.9 Å². The van der Waals surface area contributed by atoms with Crippen molar-refractivity contribution in [2.24, 2.45) is 0 Å². The smallest absolute Gasteiger partial charge is 0.267 e. The summed E-state index contributed by atoms with van der Waals surface area (Å²) in [5.41, 5.74) is 4.03. The van der Waals surface area contributed by atoms with Crippen LogP contribution >= 0.6 is 22.9 Å². The molecule has 0 bridgehead atoms. The van der Waals surface area contributed by atoms with Crippen molar-refractivity contribution in [1.82, 2.24) is 4.98 Å². The van der Waals surface area contributed by atoms with Crippen molar-refractivity contribution in [2.75, 3.05) is 5.32 Å². The first-order valence-corrected chi connectivity index (χ1v) is 10.2. The molecular weight excluding hydrogens is 404 g/mol. The number of benzene rings is 3. The summed E-state index contributed by atoms with van der Waals surface area (Å²) < 4.78 is 6.88. The van der Waals surface area contributed by atoms with Gasteiger partial charge in [0.25, 0.3) is 5.91 Å². The molecule has 142 valence electrons. The van der Waals surface area contributed by atoms with Crippen LogP contribution in [0.15, 0.2) is 71.1 Å². The molecule has 0 aliphatic heterocycles. The number of fused-ring (bicyclic) bond motifs is 2. The predicted octanol–water partition coefficient (Wildman–Crippen LogP) is 6.92. The minimum absolute atomic E-state index is 0.238. The van der Waals surface area contributed by atoms with Gasteiger partial charge in [0.2, 0.25) is 5.89 Å². The Morgan fingerprint density at radius 2 is 1.86 bits per heavy atom. The SMILES string of the molecule is Cc1ccccc1-c1nc2cc(NC(=O)c3sc4ccccc4c3Cl)ccc2o1. The van der Waals surface area contributed by atoms with Gasteiger partial charge in [0, 0.05) is 21.3 Å². The molecule has 3 aromatic carbocycles. The van der Waals surface area contributed by atoms with Gasteiger partial charge in [-0.3, -0.25) is 4.79 Å². The molecule has 29 heavy (non-hydrogen) atoms. The molecule has 0 fully saturated rings. The number of thiophene rings is 1. The van der Waals surface area contributed by atoms with Crippen molar-refractivity contribution in [3.05, 3.63) is 82.2 Å². The van der Waals surface area contributed by atoms with E-state index in [2.05, 4.69) is 10.3 Å². The van der Waals surface area contributed by atoms with Gasteiger partial charge in [-0.2, -0.15) is 0 Å². The van der Waals surface area contributed by atoms with Crippen LogP contribution in [0.3, 0.4) is 0 Å². The van der Waals surface area contributed by atoms with Gasteiger partial charge >= 0.3 is 0 Å². The molecule has 0 saturated heterocycles. The number of aromatic nitrogens is 1. The number of aryl methyl sites for hydroxylation is 1. The lowest BCUT2D eigenvalue weighted by molar-refractivity contribution is 0.103. The predicted molar refractivity (Wildman–Crippen MR) is 119 cm³/mol. The second-order valence-electron chi connectivity index (χ2n) is 6.71. The van der Waals surface area contributed by atoms with E-state index >= 15 is 0 Å². The minimum Gasteiger partial charge on any atom is -0.436 e. The Morgan fingerprint density at radius 1 is 1.07 bits per heavy atom. The normalized spacial score (nSPS) is 11.2. The fraction of sp³-hybridized carbons (Fsp3) is 0.0435. The summed E-state index contributed by atoms with van der Waals surface area (Å²) >= 11 is 7.80. The topological polar surface area (TPSA) is 55.1 Å². The quantitative estimate of drug-likeness (QED) is 0.346. The molecule has 5 rings (SSSR count). The van der Waals surface area contributed by atoms with E-state index < -0.39 is 0 Å². The van der Waals surface area contributed by atoms with Gasteiger partial charge < -0.3 is 9.73 Å². The van der Waals surface area contributed by atoms with Gasteiger partial charge in [-0.25, -0.2) is 4.98 Å². The molecule has 0 unspecified atom stereocenters. The summed E-state index contributed by atoms with van der Waals surface area (Å²) in [6.07, 6.45) is 0. The first-order valence-electron chi connectivity index (χ1n) is 9.05. The van der Waals surface area contributed by atoms with E-state index in [9.17, 15) is 4.79 Å². The number of carbonyl (C=O) groups is 1. The first kappa shape index (κ1) is 17.9. The summed E-state index contributed by atoms with van der Waals surface area (Å²) in [6.45, 7) is 2.02. The molecule has 0 radical (unpaired) electrons. The van der Waals surface area contributed by atoms with Crippen LogP contribution in [0, 0.1) is 6.92 Å². The molecule has 0 saturated carbocycles. The van der Waals surface area contributed by atoms with E-state index in [1.54, 1.807) is 12.1 Å². The molecule has 5 aromatic rings. The number of hydrogen-bond acceptors (Lipinski definition) is 4. The van der Waals surface area contributed by atoms with Crippen LogP contribution in [0.25, 0.3) is 32.6 Å². The van der Waals surface area contributed by atoms with Crippen LogP contribution in [0.5, 0.6) is 0 Å². The highest BCUT2D eigenvalue weighted by molar-refractivity contribution is 7.21. The molecule has 2 heterocycles. The largest absolute Gasteiger partial charge is 0.436 e. The molecule has 4 nitrogen and oxygen atoms in total. The Kier molecular flexibility index (Phi) is 4.34. The first-order chi connectivity index (χ1) is 14.1. The fourth-order valence-corrected chi connectivity index (χ4v) is 4.69. The van der Waals surface area contributed by atoms with Gasteiger partial charge in [-0.05, 0) is 42.8 Å². The number of nitrogens with one attached hydrogen (secondary N) is 1. The summed E-state index contributed by atoms with van der Waals surface area (Å²) in [4.78, 5) is 17.9. The maximum absolute atomic E-state index is 12.8. The highest BCUT2D eigenvalue weighted by Crippen LogP contribution is 2.36. The molecule has 6 heteroatoms. The standard InChI is InChI=1S/C23H15ClN2O2S/c1-13-6-2-3-7-15(13)23-26-17-12-14(10-11-18(17)28-23)25-22(27)21-20(24)16-8-4-5-9-19(16)29-21/h2-12H,1H3,(H,25,27).